The molecule has 0 bridgehead atoms. The average Bonchev–Trinajstić information content (AvgIpc) is 2.55. The van der Waals surface area contributed by atoms with Crippen molar-refractivity contribution in [1.82, 2.24) is 19.9 Å². The van der Waals surface area contributed by atoms with Crippen molar-refractivity contribution in [2.45, 2.75) is 103 Å². The van der Waals surface area contributed by atoms with Crippen molar-refractivity contribution >= 4 is 16.8 Å². The Labute approximate surface area is 168 Å². The van der Waals surface area contributed by atoms with E-state index in [2.05, 4.69) is 117 Å². The van der Waals surface area contributed by atoms with Crippen LogP contribution in [0.5, 0.6) is 0 Å². The van der Waals surface area contributed by atoms with Gasteiger partial charge in [-0.1, -0.05) is 82.1 Å². The summed E-state index contributed by atoms with van der Waals surface area (Å²) in [6.07, 6.45) is 2.52. The quantitative estimate of drug-likeness (QED) is 0.433. The summed E-state index contributed by atoms with van der Waals surface area (Å²) < 4.78 is 0. The average molecular weight is 405 g/mol. The molecule has 0 fully saturated rings. The van der Waals surface area contributed by atoms with Crippen molar-refractivity contribution in [3.63, 3.8) is 0 Å². The third-order valence-electron chi connectivity index (χ3n) is 6.61. The first kappa shape index (κ1) is 28.5. The van der Waals surface area contributed by atoms with Crippen molar-refractivity contribution in [1.29, 1.82) is 0 Å². The Balaban J connectivity index is 0. The lowest BCUT2D eigenvalue weighted by Crippen LogP contribution is -2.70. The van der Waals surface area contributed by atoms with E-state index in [9.17, 15) is 0 Å². The zero-order valence-corrected chi connectivity index (χ0v) is 22.6. The molecule has 0 aliphatic heterocycles. The number of rotatable bonds is 8. The molecule has 26 heavy (non-hydrogen) atoms. The minimum atomic E-state index is -1.65. The van der Waals surface area contributed by atoms with Gasteiger partial charge in [0.05, 0.1) is 0 Å². The van der Waals surface area contributed by atoms with Gasteiger partial charge >= 0.3 is 0 Å². The Bertz CT molecular complexity index is 339. The molecule has 2 unspecified atom stereocenters. The minimum absolute atomic E-state index is 0.314. The minimum Gasteiger partial charge on any atom is -0.328 e. The maximum atomic E-state index is 3.59. The molecule has 0 aromatic heterocycles. The van der Waals surface area contributed by atoms with Gasteiger partial charge in [-0.25, -0.2) is 0 Å². The standard InChI is InChI=1S/2C10H26N2Si/c1-9(2,3)13(11-7,12-8)10(4,5)6;1-7-9(3)13(11-5,12-6)10(4)8-2/h11-12H,1-8H3;9-12H,7-8H2,1-6H3. The molecule has 0 aromatic carbocycles. The Hall–Kier alpha value is 0.274. The summed E-state index contributed by atoms with van der Waals surface area (Å²) in [4.78, 5) is 14.3. The van der Waals surface area contributed by atoms with Crippen molar-refractivity contribution in [2.75, 3.05) is 28.2 Å². The summed E-state index contributed by atoms with van der Waals surface area (Å²) in [5.74, 6) is 0. The van der Waals surface area contributed by atoms with E-state index in [4.69, 9.17) is 0 Å². The van der Waals surface area contributed by atoms with E-state index in [0.29, 0.717) is 10.1 Å². The molecule has 0 rings (SSSR count). The molecule has 0 aromatic rings. The first-order valence-electron chi connectivity index (χ1n) is 10.5. The lowest BCUT2D eigenvalue weighted by Gasteiger charge is -2.50. The van der Waals surface area contributed by atoms with E-state index < -0.39 is 16.8 Å². The molecule has 0 amide bonds. The van der Waals surface area contributed by atoms with Crippen LogP contribution < -0.4 is 19.9 Å². The zero-order chi connectivity index (χ0) is 21.4. The summed E-state index contributed by atoms with van der Waals surface area (Å²) >= 11 is 0. The highest BCUT2D eigenvalue weighted by Gasteiger charge is 2.51. The summed E-state index contributed by atoms with van der Waals surface area (Å²) in [5, 5.41) is 0.628. The second kappa shape index (κ2) is 11.3. The van der Waals surface area contributed by atoms with Gasteiger partial charge in [0.15, 0.2) is 0 Å². The maximum Gasteiger partial charge on any atom is 0.211 e. The van der Waals surface area contributed by atoms with E-state index in [-0.39, 0.29) is 0 Å². The van der Waals surface area contributed by atoms with Crippen LogP contribution in [-0.4, -0.2) is 45.0 Å². The normalized spacial score (nSPS) is 15.9. The molecular weight excluding hydrogens is 352 g/mol. The van der Waals surface area contributed by atoms with Crippen LogP contribution >= 0.6 is 0 Å². The first-order chi connectivity index (χ1) is 11.7. The van der Waals surface area contributed by atoms with E-state index >= 15 is 0 Å². The molecule has 0 saturated heterocycles. The molecule has 0 heterocycles. The third kappa shape index (κ3) is 6.14. The fourth-order valence-electron chi connectivity index (χ4n) is 4.99. The van der Waals surface area contributed by atoms with Gasteiger partial charge in [-0.05, 0) is 49.3 Å². The lowest BCUT2D eigenvalue weighted by atomic mass is 10.2. The summed E-state index contributed by atoms with van der Waals surface area (Å²) in [7, 11) is 5.29. The molecule has 0 aliphatic rings. The largest absolute Gasteiger partial charge is 0.328 e. The maximum absolute atomic E-state index is 3.59. The monoisotopic (exact) mass is 404 g/mol. The number of hydrogen-bond acceptors (Lipinski definition) is 4. The summed E-state index contributed by atoms with van der Waals surface area (Å²) in [6, 6.07) is 0. The van der Waals surface area contributed by atoms with Crippen molar-refractivity contribution in [3.8, 4) is 0 Å². The fourth-order valence-corrected chi connectivity index (χ4v) is 15.0. The van der Waals surface area contributed by atoms with Crippen molar-refractivity contribution < 1.29 is 0 Å². The highest BCUT2D eigenvalue weighted by atomic mass is 28.4. The second-order valence-corrected chi connectivity index (χ2v) is 19.9. The predicted octanol–water partition coefficient (Wildman–Crippen LogP) is 4.94. The van der Waals surface area contributed by atoms with E-state index in [0.717, 1.165) is 11.1 Å². The van der Waals surface area contributed by atoms with Gasteiger partial charge in [0.2, 0.25) is 16.8 Å². The molecule has 160 valence electrons. The molecule has 2 atom stereocenters. The van der Waals surface area contributed by atoms with Crippen molar-refractivity contribution in [2.24, 2.45) is 0 Å². The third-order valence-corrected chi connectivity index (χ3v) is 18.2. The fraction of sp³-hybridized carbons (Fsp3) is 1.00. The van der Waals surface area contributed by atoms with Crippen LogP contribution in [0.25, 0.3) is 0 Å². The van der Waals surface area contributed by atoms with Crippen LogP contribution in [0.1, 0.15) is 82.1 Å². The Kier molecular flexibility index (Phi) is 12.4. The Morgan fingerprint density at radius 2 is 0.885 bits per heavy atom. The van der Waals surface area contributed by atoms with E-state index in [1.165, 1.54) is 12.8 Å². The van der Waals surface area contributed by atoms with Gasteiger partial charge in [0, 0.05) is 0 Å². The molecule has 0 radical (unpaired) electrons. The highest BCUT2D eigenvalue weighted by molar-refractivity contribution is 6.80. The Morgan fingerprint density at radius 3 is 0.962 bits per heavy atom. The SMILES string of the molecule is CCC(C)[Si](NC)(NC)C(C)CC.CN[Si](NC)(C(C)(C)C)C(C)(C)C. The van der Waals surface area contributed by atoms with Crippen LogP contribution in [0.4, 0.5) is 0 Å². The van der Waals surface area contributed by atoms with Crippen LogP contribution in [0.15, 0.2) is 0 Å². The van der Waals surface area contributed by atoms with Gasteiger partial charge in [-0.15, -0.1) is 0 Å². The molecule has 0 saturated carbocycles. The van der Waals surface area contributed by atoms with Crippen LogP contribution in [0.3, 0.4) is 0 Å². The van der Waals surface area contributed by atoms with Gasteiger partial charge < -0.3 is 19.9 Å². The lowest BCUT2D eigenvalue weighted by molar-refractivity contribution is 0.567. The molecule has 4 nitrogen and oxygen atoms in total. The first-order valence-corrected chi connectivity index (χ1v) is 14.6. The molecule has 0 spiro atoms. The van der Waals surface area contributed by atoms with Gasteiger partial charge in [-0.3, -0.25) is 0 Å². The van der Waals surface area contributed by atoms with Crippen molar-refractivity contribution in [3.05, 3.63) is 0 Å². The second-order valence-electron chi connectivity index (χ2n) is 9.74. The van der Waals surface area contributed by atoms with E-state index in [1.54, 1.807) is 0 Å². The zero-order valence-electron chi connectivity index (χ0n) is 20.6. The molecular formula is C20H52N4Si2. The topological polar surface area (TPSA) is 48.1 Å². The highest BCUT2D eigenvalue weighted by Crippen LogP contribution is 2.46. The van der Waals surface area contributed by atoms with Crippen LogP contribution in [-0.2, 0) is 0 Å². The molecule has 6 heteroatoms. The van der Waals surface area contributed by atoms with Crippen LogP contribution in [0.2, 0.25) is 21.2 Å². The van der Waals surface area contributed by atoms with E-state index in [1.807, 2.05) is 0 Å². The summed E-state index contributed by atoms with van der Waals surface area (Å²) in [6.45, 7) is 23.2. The summed E-state index contributed by atoms with van der Waals surface area (Å²) in [5.41, 5.74) is 1.58. The van der Waals surface area contributed by atoms with Gasteiger partial charge in [0.25, 0.3) is 0 Å². The molecule has 0 aliphatic carbocycles. The number of nitrogens with one attached hydrogen (secondary N) is 4. The smallest absolute Gasteiger partial charge is 0.211 e. The van der Waals surface area contributed by atoms with Gasteiger partial charge in [-0.2, -0.15) is 0 Å². The van der Waals surface area contributed by atoms with Crippen LogP contribution in [0, 0.1) is 0 Å². The Morgan fingerprint density at radius 1 is 0.615 bits per heavy atom. The predicted molar refractivity (Wildman–Crippen MR) is 127 cm³/mol. The molecule has 4 N–H and O–H groups in total. The number of hydrogen-bond donors (Lipinski definition) is 4. The van der Waals surface area contributed by atoms with Gasteiger partial charge in [0.1, 0.15) is 0 Å².